The molecule has 19 heavy (non-hydrogen) atoms. The van der Waals surface area contributed by atoms with Gasteiger partial charge in [0.1, 0.15) is 0 Å². The van der Waals surface area contributed by atoms with Crippen molar-refractivity contribution in [1.82, 2.24) is 10.2 Å². The number of nitrogens with one attached hydrogen (secondary N) is 1. The van der Waals surface area contributed by atoms with Gasteiger partial charge in [0.15, 0.2) is 0 Å². The Balaban J connectivity index is 1.73. The maximum atomic E-state index is 12.1. The third kappa shape index (κ3) is 4.82. The van der Waals surface area contributed by atoms with Crippen LogP contribution in [0.5, 0.6) is 0 Å². The molecule has 1 unspecified atom stereocenters. The van der Waals surface area contributed by atoms with Crippen LogP contribution in [0.15, 0.2) is 33.6 Å². The topological polar surface area (TPSA) is 32.3 Å². The second-order valence-electron chi connectivity index (χ2n) is 4.75. The molecule has 0 saturated carbocycles. The highest BCUT2D eigenvalue weighted by atomic mass is 79.9. The van der Waals surface area contributed by atoms with Gasteiger partial charge < -0.3 is 10.2 Å². The minimum atomic E-state index is 0.276. The number of halogens is 1. The highest BCUT2D eigenvalue weighted by Crippen LogP contribution is 2.21. The van der Waals surface area contributed by atoms with Gasteiger partial charge in [-0.05, 0) is 31.2 Å². The molecule has 0 radical (unpaired) electrons. The first-order chi connectivity index (χ1) is 9.15. The second kappa shape index (κ2) is 7.31. The Morgan fingerprint density at radius 3 is 2.89 bits per heavy atom. The van der Waals surface area contributed by atoms with Gasteiger partial charge in [-0.25, -0.2) is 0 Å². The zero-order valence-electron chi connectivity index (χ0n) is 11.1. The van der Waals surface area contributed by atoms with Gasteiger partial charge in [0, 0.05) is 47.2 Å². The number of nitrogens with zero attached hydrogens (tertiary/aromatic N) is 1. The highest BCUT2D eigenvalue weighted by molar-refractivity contribution is 9.10. The normalized spacial score (nSPS) is 19.5. The van der Waals surface area contributed by atoms with E-state index in [1.54, 1.807) is 11.8 Å². The molecule has 1 aliphatic rings. The second-order valence-corrected chi connectivity index (χ2v) is 6.83. The average molecular weight is 343 g/mol. The molecule has 3 nitrogen and oxygen atoms in total. The van der Waals surface area contributed by atoms with Crippen LogP contribution in [0.3, 0.4) is 0 Å². The standard InChI is InChI=1S/C14H19BrN2OS/c1-11-10-17(8-7-16-11)14(18)6-9-19-13-4-2-12(15)3-5-13/h2-5,11,16H,6-10H2,1H3. The first kappa shape index (κ1) is 14.9. The molecule has 104 valence electrons. The fourth-order valence-corrected chi connectivity index (χ4v) is 3.21. The van der Waals surface area contributed by atoms with Crippen LogP contribution in [0, 0.1) is 0 Å². The summed E-state index contributed by atoms with van der Waals surface area (Å²) in [6.07, 6.45) is 0.619. The monoisotopic (exact) mass is 342 g/mol. The summed E-state index contributed by atoms with van der Waals surface area (Å²) < 4.78 is 1.09. The fraction of sp³-hybridized carbons (Fsp3) is 0.500. The largest absolute Gasteiger partial charge is 0.340 e. The Bertz CT molecular complexity index is 424. The third-order valence-electron chi connectivity index (χ3n) is 3.12. The summed E-state index contributed by atoms with van der Waals surface area (Å²) in [6, 6.07) is 8.62. The minimum Gasteiger partial charge on any atom is -0.340 e. The lowest BCUT2D eigenvalue weighted by molar-refractivity contribution is -0.131. The van der Waals surface area contributed by atoms with E-state index in [1.807, 2.05) is 17.0 Å². The number of carbonyl (C=O) groups excluding carboxylic acids is 1. The molecule has 0 bridgehead atoms. The van der Waals surface area contributed by atoms with E-state index >= 15 is 0 Å². The van der Waals surface area contributed by atoms with Gasteiger partial charge in [0.2, 0.25) is 5.91 Å². The predicted molar refractivity (Wildman–Crippen MR) is 83.5 cm³/mol. The van der Waals surface area contributed by atoms with E-state index in [-0.39, 0.29) is 5.91 Å². The van der Waals surface area contributed by atoms with Gasteiger partial charge in [0.05, 0.1) is 0 Å². The first-order valence-corrected chi connectivity index (χ1v) is 8.32. The van der Waals surface area contributed by atoms with Crippen molar-refractivity contribution < 1.29 is 4.79 Å². The van der Waals surface area contributed by atoms with E-state index in [0.29, 0.717) is 12.5 Å². The number of hydrogen-bond acceptors (Lipinski definition) is 3. The van der Waals surface area contributed by atoms with Crippen molar-refractivity contribution in [3.05, 3.63) is 28.7 Å². The van der Waals surface area contributed by atoms with Crippen LogP contribution in [-0.4, -0.2) is 42.2 Å². The highest BCUT2D eigenvalue weighted by Gasteiger charge is 2.19. The van der Waals surface area contributed by atoms with Crippen molar-refractivity contribution in [3.63, 3.8) is 0 Å². The number of piperazine rings is 1. The first-order valence-electron chi connectivity index (χ1n) is 6.54. The summed E-state index contributed by atoms with van der Waals surface area (Å²) in [5, 5.41) is 3.35. The van der Waals surface area contributed by atoms with Crippen molar-refractivity contribution in [3.8, 4) is 0 Å². The van der Waals surface area contributed by atoms with E-state index in [0.717, 1.165) is 29.9 Å². The van der Waals surface area contributed by atoms with Crippen LogP contribution >= 0.6 is 27.7 Å². The van der Waals surface area contributed by atoms with E-state index < -0.39 is 0 Å². The van der Waals surface area contributed by atoms with Crippen LogP contribution in [0.2, 0.25) is 0 Å². The van der Waals surface area contributed by atoms with Gasteiger partial charge in [-0.3, -0.25) is 4.79 Å². The third-order valence-corrected chi connectivity index (χ3v) is 4.66. The van der Waals surface area contributed by atoms with E-state index in [9.17, 15) is 4.79 Å². The van der Waals surface area contributed by atoms with Crippen molar-refractivity contribution in [2.24, 2.45) is 0 Å². The fourth-order valence-electron chi connectivity index (χ4n) is 2.10. The molecular formula is C14H19BrN2OS. The van der Waals surface area contributed by atoms with E-state index in [4.69, 9.17) is 0 Å². The Kier molecular flexibility index (Phi) is 5.73. The SMILES string of the molecule is CC1CN(C(=O)CCSc2ccc(Br)cc2)CCN1. The molecule has 1 saturated heterocycles. The minimum absolute atomic E-state index is 0.276. The molecule has 1 aliphatic heterocycles. The van der Waals surface area contributed by atoms with Crippen molar-refractivity contribution in [2.75, 3.05) is 25.4 Å². The predicted octanol–water partition coefficient (Wildman–Crippen LogP) is 2.75. The van der Waals surface area contributed by atoms with Gasteiger partial charge in [-0.1, -0.05) is 15.9 Å². The van der Waals surface area contributed by atoms with Crippen molar-refractivity contribution in [1.29, 1.82) is 0 Å². The molecule has 1 aromatic rings. The lowest BCUT2D eigenvalue weighted by atomic mass is 10.2. The summed E-state index contributed by atoms with van der Waals surface area (Å²) in [5.74, 6) is 1.12. The lowest BCUT2D eigenvalue weighted by Crippen LogP contribution is -2.51. The zero-order valence-corrected chi connectivity index (χ0v) is 13.5. The summed E-state index contributed by atoms with van der Waals surface area (Å²) in [5.41, 5.74) is 0. The van der Waals surface area contributed by atoms with Crippen molar-refractivity contribution >= 4 is 33.6 Å². The Labute approximate surface area is 127 Å². The number of benzene rings is 1. The van der Waals surface area contributed by atoms with Crippen molar-refractivity contribution in [2.45, 2.75) is 24.3 Å². The Hall–Kier alpha value is -0.520. The molecule has 1 heterocycles. The lowest BCUT2D eigenvalue weighted by Gasteiger charge is -2.31. The quantitative estimate of drug-likeness (QED) is 0.854. The Morgan fingerprint density at radius 1 is 1.47 bits per heavy atom. The molecule has 2 rings (SSSR count). The molecule has 1 atom stereocenters. The molecule has 1 fully saturated rings. The van der Waals surface area contributed by atoms with E-state index in [2.05, 4.69) is 40.3 Å². The van der Waals surface area contributed by atoms with Crippen LogP contribution in [-0.2, 0) is 4.79 Å². The number of hydrogen-bond donors (Lipinski definition) is 1. The van der Waals surface area contributed by atoms with Gasteiger partial charge in [-0.2, -0.15) is 0 Å². The molecule has 5 heteroatoms. The van der Waals surface area contributed by atoms with Gasteiger partial charge >= 0.3 is 0 Å². The Morgan fingerprint density at radius 2 is 2.21 bits per heavy atom. The molecular weight excluding hydrogens is 324 g/mol. The molecule has 1 amide bonds. The van der Waals surface area contributed by atoms with Crippen LogP contribution in [0.1, 0.15) is 13.3 Å². The van der Waals surface area contributed by atoms with Gasteiger partial charge in [0.25, 0.3) is 0 Å². The number of amides is 1. The zero-order chi connectivity index (χ0) is 13.7. The number of thioether (sulfide) groups is 1. The van der Waals surface area contributed by atoms with Gasteiger partial charge in [-0.15, -0.1) is 11.8 Å². The molecule has 1 N–H and O–H groups in total. The number of rotatable bonds is 4. The molecule has 0 aromatic heterocycles. The van der Waals surface area contributed by atoms with Crippen LogP contribution in [0.4, 0.5) is 0 Å². The molecule has 0 spiro atoms. The summed E-state index contributed by atoms with van der Waals surface area (Å²) in [6.45, 7) is 4.71. The summed E-state index contributed by atoms with van der Waals surface area (Å²) in [4.78, 5) is 15.3. The molecule has 0 aliphatic carbocycles. The number of carbonyl (C=O) groups is 1. The van der Waals surface area contributed by atoms with Crippen LogP contribution < -0.4 is 5.32 Å². The smallest absolute Gasteiger partial charge is 0.223 e. The maximum Gasteiger partial charge on any atom is 0.223 e. The van der Waals surface area contributed by atoms with Crippen LogP contribution in [0.25, 0.3) is 0 Å². The maximum absolute atomic E-state index is 12.1. The molecule has 1 aromatic carbocycles. The average Bonchev–Trinajstić information content (AvgIpc) is 2.41. The summed E-state index contributed by atoms with van der Waals surface area (Å²) in [7, 11) is 0. The van der Waals surface area contributed by atoms with E-state index in [1.165, 1.54) is 4.90 Å². The summed E-state index contributed by atoms with van der Waals surface area (Å²) >= 11 is 5.16.